The van der Waals surface area contributed by atoms with Crippen molar-refractivity contribution in [3.8, 4) is 5.75 Å². The lowest BCUT2D eigenvalue weighted by Crippen LogP contribution is -2.32. The third kappa shape index (κ3) is 1.65. The van der Waals surface area contributed by atoms with Gasteiger partial charge in [0.1, 0.15) is 24.1 Å². The molecule has 0 amide bonds. The maximum Gasteiger partial charge on any atom is 0.180 e. The van der Waals surface area contributed by atoms with Crippen LogP contribution < -0.4 is 4.74 Å². The molecule has 1 heterocycles. The fourth-order valence-electron chi connectivity index (χ4n) is 1.70. The number of benzene rings is 1. The molecule has 1 aromatic carbocycles. The van der Waals surface area contributed by atoms with E-state index in [1.165, 1.54) is 6.92 Å². The highest BCUT2D eigenvalue weighted by molar-refractivity contribution is 6.12. The Bertz CT molecular complexity index is 434. The van der Waals surface area contributed by atoms with Crippen molar-refractivity contribution in [2.45, 2.75) is 13.8 Å². The number of ketones is 2. The van der Waals surface area contributed by atoms with Crippen LogP contribution in [0.1, 0.15) is 22.8 Å². The molecule has 3 heteroatoms. The van der Waals surface area contributed by atoms with Crippen molar-refractivity contribution in [1.82, 2.24) is 0 Å². The summed E-state index contributed by atoms with van der Waals surface area (Å²) >= 11 is 0. The summed E-state index contributed by atoms with van der Waals surface area (Å²) in [6.07, 6.45) is 0. The smallest absolute Gasteiger partial charge is 0.180 e. The Kier molecular flexibility index (Phi) is 2.31. The van der Waals surface area contributed by atoms with Gasteiger partial charge in [0.25, 0.3) is 0 Å². The maximum atomic E-state index is 11.9. The predicted octanol–water partition coefficient (Wildman–Crippen LogP) is 1.78. The lowest BCUT2D eigenvalue weighted by atomic mass is 9.91. The third-order valence-corrected chi connectivity index (χ3v) is 2.61. The van der Waals surface area contributed by atoms with Gasteiger partial charge in [0, 0.05) is 0 Å². The molecule has 15 heavy (non-hydrogen) atoms. The first-order valence-electron chi connectivity index (χ1n) is 4.87. The summed E-state index contributed by atoms with van der Waals surface area (Å²) in [5, 5.41) is 0. The quantitative estimate of drug-likeness (QED) is 0.655. The molecule has 78 valence electrons. The summed E-state index contributed by atoms with van der Waals surface area (Å²) in [7, 11) is 0. The molecule has 0 saturated carbocycles. The average Bonchev–Trinajstić information content (AvgIpc) is 2.19. The van der Waals surface area contributed by atoms with Crippen molar-refractivity contribution in [2.75, 3.05) is 6.61 Å². The van der Waals surface area contributed by atoms with E-state index >= 15 is 0 Å². The van der Waals surface area contributed by atoms with E-state index < -0.39 is 5.92 Å². The number of aryl methyl sites for hydroxylation is 1. The molecule has 0 aromatic heterocycles. The van der Waals surface area contributed by atoms with Crippen LogP contribution in [0, 0.1) is 12.8 Å². The summed E-state index contributed by atoms with van der Waals surface area (Å²) in [6, 6.07) is 5.44. The van der Waals surface area contributed by atoms with Gasteiger partial charge in [-0.2, -0.15) is 0 Å². The molecule has 0 aliphatic carbocycles. The number of hydrogen-bond acceptors (Lipinski definition) is 3. The number of carbonyl (C=O) groups excluding carboxylic acids is 2. The van der Waals surface area contributed by atoms with Crippen molar-refractivity contribution in [1.29, 1.82) is 0 Å². The number of carbonyl (C=O) groups is 2. The Hall–Kier alpha value is -1.64. The van der Waals surface area contributed by atoms with E-state index in [2.05, 4.69) is 0 Å². The fraction of sp³-hybridized carbons (Fsp3) is 0.333. The van der Waals surface area contributed by atoms with Crippen molar-refractivity contribution >= 4 is 11.6 Å². The van der Waals surface area contributed by atoms with Crippen LogP contribution in [0.5, 0.6) is 5.75 Å². The molecule has 2 rings (SSSR count). The van der Waals surface area contributed by atoms with Crippen LogP contribution in [-0.4, -0.2) is 18.2 Å². The minimum Gasteiger partial charge on any atom is -0.492 e. The molecule has 0 saturated heterocycles. The van der Waals surface area contributed by atoms with Gasteiger partial charge in [-0.15, -0.1) is 0 Å². The van der Waals surface area contributed by atoms with E-state index in [1.54, 1.807) is 12.1 Å². The molecule has 0 bridgehead atoms. The molecule has 0 radical (unpaired) electrons. The molecule has 3 nitrogen and oxygen atoms in total. The second-order valence-electron chi connectivity index (χ2n) is 3.84. The molecule has 1 aromatic rings. The molecule has 1 aliphatic rings. The first-order chi connectivity index (χ1) is 7.09. The van der Waals surface area contributed by atoms with Crippen LogP contribution in [0.4, 0.5) is 0 Å². The Morgan fingerprint density at radius 2 is 2.20 bits per heavy atom. The lowest BCUT2D eigenvalue weighted by Gasteiger charge is -2.22. The van der Waals surface area contributed by atoms with Crippen LogP contribution in [0.2, 0.25) is 0 Å². The normalized spacial score (nSPS) is 19.3. The van der Waals surface area contributed by atoms with Gasteiger partial charge in [-0.05, 0) is 26.0 Å². The second-order valence-corrected chi connectivity index (χ2v) is 3.84. The topological polar surface area (TPSA) is 43.4 Å². The van der Waals surface area contributed by atoms with Crippen LogP contribution >= 0.6 is 0 Å². The molecular formula is C12H12O3. The van der Waals surface area contributed by atoms with Crippen molar-refractivity contribution in [3.63, 3.8) is 0 Å². The number of hydrogen-bond donors (Lipinski definition) is 0. The predicted molar refractivity (Wildman–Crippen MR) is 55.2 cm³/mol. The molecule has 1 atom stereocenters. The van der Waals surface area contributed by atoms with Gasteiger partial charge in [-0.3, -0.25) is 9.59 Å². The largest absolute Gasteiger partial charge is 0.492 e. The van der Waals surface area contributed by atoms with Gasteiger partial charge in [0.05, 0.1) is 5.56 Å². The van der Waals surface area contributed by atoms with Gasteiger partial charge in [0.15, 0.2) is 5.78 Å². The van der Waals surface area contributed by atoms with Gasteiger partial charge < -0.3 is 4.74 Å². The van der Waals surface area contributed by atoms with E-state index in [9.17, 15) is 9.59 Å². The molecule has 1 aliphatic heterocycles. The first kappa shape index (κ1) is 9.90. The zero-order valence-electron chi connectivity index (χ0n) is 8.74. The fourth-order valence-corrected chi connectivity index (χ4v) is 1.70. The summed E-state index contributed by atoms with van der Waals surface area (Å²) in [5.74, 6) is -0.290. The van der Waals surface area contributed by atoms with Gasteiger partial charge in [-0.1, -0.05) is 11.6 Å². The zero-order valence-corrected chi connectivity index (χ0v) is 8.74. The highest BCUT2D eigenvalue weighted by Crippen LogP contribution is 2.28. The number of Topliss-reactive ketones (excluding diaryl/α,β-unsaturated/α-hetero) is 2. The van der Waals surface area contributed by atoms with Crippen LogP contribution in [0.15, 0.2) is 18.2 Å². The number of fused-ring (bicyclic) bond motifs is 1. The Balaban J connectivity index is 2.45. The van der Waals surface area contributed by atoms with Gasteiger partial charge in [0.2, 0.25) is 0 Å². The second kappa shape index (κ2) is 3.50. The van der Waals surface area contributed by atoms with Crippen LogP contribution in [0.25, 0.3) is 0 Å². The van der Waals surface area contributed by atoms with E-state index in [4.69, 9.17) is 4.74 Å². The zero-order chi connectivity index (χ0) is 11.0. The van der Waals surface area contributed by atoms with E-state index in [0.717, 1.165) is 5.56 Å². The SMILES string of the molecule is CC(=O)[C@H]1COc2ccc(C)cc2C1=O. The van der Waals surface area contributed by atoms with Gasteiger partial charge in [-0.25, -0.2) is 0 Å². The summed E-state index contributed by atoms with van der Waals surface area (Å²) in [4.78, 5) is 23.1. The Morgan fingerprint density at radius 3 is 2.87 bits per heavy atom. The minimum absolute atomic E-state index is 0.118. The van der Waals surface area contributed by atoms with E-state index in [-0.39, 0.29) is 18.2 Å². The van der Waals surface area contributed by atoms with Crippen molar-refractivity contribution in [2.24, 2.45) is 5.92 Å². The first-order valence-corrected chi connectivity index (χ1v) is 4.87. The van der Waals surface area contributed by atoms with Crippen molar-refractivity contribution < 1.29 is 14.3 Å². The van der Waals surface area contributed by atoms with Gasteiger partial charge >= 0.3 is 0 Å². The number of rotatable bonds is 1. The molecule has 0 spiro atoms. The molecule has 0 N–H and O–H groups in total. The standard InChI is InChI=1S/C12H12O3/c1-7-3-4-11-9(5-7)12(14)10(6-15-11)8(2)13/h3-5,10H,6H2,1-2H3/t10-/m1/s1. The van der Waals surface area contributed by atoms with E-state index in [0.29, 0.717) is 11.3 Å². The Labute approximate surface area is 88.1 Å². The van der Waals surface area contributed by atoms with E-state index in [1.807, 2.05) is 13.0 Å². The average molecular weight is 204 g/mol. The summed E-state index contributed by atoms with van der Waals surface area (Å²) in [5.41, 5.74) is 1.52. The third-order valence-electron chi connectivity index (χ3n) is 2.61. The highest BCUT2D eigenvalue weighted by Gasteiger charge is 2.31. The summed E-state index contributed by atoms with van der Waals surface area (Å²) < 4.78 is 5.38. The number of ether oxygens (including phenoxy) is 1. The van der Waals surface area contributed by atoms with Crippen LogP contribution in [-0.2, 0) is 4.79 Å². The van der Waals surface area contributed by atoms with Crippen molar-refractivity contribution in [3.05, 3.63) is 29.3 Å². The highest BCUT2D eigenvalue weighted by atomic mass is 16.5. The molecule has 0 fully saturated rings. The molecule has 0 unspecified atom stereocenters. The van der Waals surface area contributed by atoms with Crippen LogP contribution in [0.3, 0.4) is 0 Å². The summed E-state index contributed by atoms with van der Waals surface area (Å²) in [6.45, 7) is 3.50. The monoisotopic (exact) mass is 204 g/mol. The maximum absolute atomic E-state index is 11.9. The lowest BCUT2D eigenvalue weighted by molar-refractivity contribution is -0.120. The Morgan fingerprint density at radius 1 is 1.47 bits per heavy atom. The minimum atomic E-state index is -0.626. The molecular weight excluding hydrogens is 192 g/mol.